The molecule has 0 saturated carbocycles. The zero-order chi connectivity index (χ0) is 11.3. The Labute approximate surface area is 101 Å². The zero-order valence-corrected chi connectivity index (χ0v) is 11.4. The molecule has 15 heavy (non-hydrogen) atoms. The van der Waals surface area contributed by atoms with Gasteiger partial charge in [-0.25, -0.2) is 0 Å². The SMILES string of the molecule is CCCCOc1c(C)cc(CBr)cc1C. The second kappa shape index (κ2) is 6.16. The Kier molecular flexibility index (Phi) is 5.16. The van der Waals surface area contributed by atoms with E-state index >= 15 is 0 Å². The lowest BCUT2D eigenvalue weighted by Crippen LogP contribution is -2.00. The molecule has 1 rings (SSSR count). The fourth-order valence-corrected chi connectivity index (χ4v) is 1.99. The fraction of sp³-hybridized carbons (Fsp3) is 0.538. The molecule has 0 aliphatic heterocycles. The van der Waals surface area contributed by atoms with E-state index in [0.717, 1.165) is 24.1 Å². The molecule has 2 heteroatoms. The number of rotatable bonds is 5. The first-order valence-electron chi connectivity index (χ1n) is 5.48. The van der Waals surface area contributed by atoms with Gasteiger partial charge < -0.3 is 4.74 Å². The van der Waals surface area contributed by atoms with Gasteiger partial charge in [0.25, 0.3) is 0 Å². The molecular formula is C13H19BrO. The second-order valence-corrected chi connectivity index (χ2v) is 4.46. The Morgan fingerprint density at radius 2 is 1.80 bits per heavy atom. The second-order valence-electron chi connectivity index (χ2n) is 3.89. The van der Waals surface area contributed by atoms with Crippen molar-refractivity contribution in [2.45, 2.75) is 38.9 Å². The predicted octanol–water partition coefficient (Wildman–Crippen LogP) is 4.38. The lowest BCUT2D eigenvalue weighted by atomic mass is 10.1. The summed E-state index contributed by atoms with van der Waals surface area (Å²) < 4.78 is 5.79. The minimum absolute atomic E-state index is 0.825. The van der Waals surface area contributed by atoms with E-state index in [1.54, 1.807) is 0 Å². The van der Waals surface area contributed by atoms with Gasteiger partial charge in [-0.1, -0.05) is 41.4 Å². The van der Waals surface area contributed by atoms with E-state index in [1.165, 1.54) is 23.1 Å². The average Bonchev–Trinajstić information content (AvgIpc) is 2.22. The number of hydrogen-bond acceptors (Lipinski definition) is 1. The van der Waals surface area contributed by atoms with Gasteiger partial charge in [0.05, 0.1) is 6.61 Å². The smallest absolute Gasteiger partial charge is 0.125 e. The third-order valence-electron chi connectivity index (χ3n) is 2.42. The molecule has 0 heterocycles. The molecule has 0 unspecified atom stereocenters. The molecule has 0 bridgehead atoms. The normalized spacial score (nSPS) is 10.4. The molecule has 0 radical (unpaired) electrons. The van der Waals surface area contributed by atoms with Crippen LogP contribution in [0.1, 0.15) is 36.5 Å². The maximum atomic E-state index is 5.79. The van der Waals surface area contributed by atoms with E-state index in [4.69, 9.17) is 4.74 Å². The van der Waals surface area contributed by atoms with Crippen molar-refractivity contribution in [3.05, 3.63) is 28.8 Å². The third-order valence-corrected chi connectivity index (χ3v) is 3.07. The van der Waals surface area contributed by atoms with E-state index in [1.807, 2.05) is 0 Å². The van der Waals surface area contributed by atoms with E-state index < -0.39 is 0 Å². The third kappa shape index (κ3) is 3.53. The van der Waals surface area contributed by atoms with Crippen molar-refractivity contribution in [1.82, 2.24) is 0 Å². The minimum Gasteiger partial charge on any atom is -0.493 e. The van der Waals surface area contributed by atoms with Gasteiger partial charge in [0, 0.05) is 5.33 Å². The van der Waals surface area contributed by atoms with Crippen LogP contribution in [0.4, 0.5) is 0 Å². The van der Waals surface area contributed by atoms with Crippen LogP contribution < -0.4 is 4.74 Å². The molecule has 1 aromatic rings. The maximum absolute atomic E-state index is 5.79. The Bertz CT molecular complexity index is 297. The highest BCUT2D eigenvalue weighted by Gasteiger charge is 2.05. The van der Waals surface area contributed by atoms with Crippen molar-refractivity contribution in [1.29, 1.82) is 0 Å². The Balaban J connectivity index is 2.79. The quantitative estimate of drug-likeness (QED) is 0.570. The highest BCUT2D eigenvalue weighted by Crippen LogP contribution is 2.25. The van der Waals surface area contributed by atoms with Gasteiger partial charge in [-0.05, 0) is 37.0 Å². The van der Waals surface area contributed by atoms with Crippen LogP contribution in [-0.2, 0) is 5.33 Å². The minimum atomic E-state index is 0.825. The van der Waals surface area contributed by atoms with E-state index in [0.29, 0.717) is 0 Å². The molecule has 0 atom stereocenters. The predicted molar refractivity (Wildman–Crippen MR) is 69.0 cm³/mol. The van der Waals surface area contributed by atoms with Gasteiger partial charge in [-0.3, -0.25) is 0 Å². The molecule has 0 fully saturated rings. The van der Waals surface area contributed by atoms with E-state index in [9.17, 15) is 0 Å². The molecule has 0 N–H and O–H groups in total. The van der Waals surface area contributed by atoms with Crippen LogP contribution in [-0.4, -0.2) is 6.61 Å². The fourth-order valence-electron chi connectivity index (χ4n) is 1.66. The molecule has 0 aliphatic rings. The molecule has 0 amide bonds. The van der Waals surface area contributed by atoms with Crippen molar-refractivity contribution in [2.75, 3.05) is 6.61 Å². The first-order valence-corrected chi connectivity index (χ1v) is 6.60. The molecule has 84 valence electrons. The summed E-state index contributed by atoms with van der Waals surface area (Å²) >= 11 is 3.47. The van der Waals surface area contributed by atoms with Crippen LogP contribution in [0.3, 0.4) is 0 Å². The largest absolute Gasteiger partial charge is 0.493 e. The molecule has 0 spiro atoms. The Hall–Kier alpha value is -0.500. The number of halogens is 1. The average molecular weight is 271 g/mol. The maximum Gasteiger partial charge on any atom is 0.125 e. The number of aryl methyl sites for hydroxylation is 2. The lowest BCUT2D eigenvalue weighted by molar-refractivity contribution is 0.305. The first kappa shape index (κ1) is 12.6. The Morgan fingerprint density at radius 3 is 2.27 bits per heavy atom. The summed E-state index contributed by atoms with van der Waals surface area (Å²) in [6, 6.07) is 4.37. The van der Waals surface area contributed by atoms with E-state index in [-0.39, 0.29) is 0 Å². The topological polar surface area (TPSA) is 9.23 Å². The van der Waals surface area contributed by atoms with Crippen LogP contribution in [0.25, 0.3) is 0 Å². The van der Waals surface area contributed by atoms with Gasteiger partial charge in [0.2, 0.25) is 0 Å². The number of unbranched alkanes of at least 4 members (excludes halogenated alkanes) is 1. The van der Waals surface area contributed by atoms with Crippen LogP contribution in [0.2, 0.25) is 0 Å². The molecule has 0 saturated heterocycles. The summed E-state index contributed by atoms with van der Waals surface area (Å²) in [5.74, 6) is 1.06. The summed E-state index contributed by atoms with van der Waals surface area (Å²) in [5.41, 5.74) is 3.79. The van der Waals surface area contributed by atoms with Crippen LogP contribution in [0, 0.1) is 13.8 Å². The Morgan fingerprint density at radius 1 is 1.20 bits per heavy atom. The molecular weight excluding hydrogens is 252 g/mol. The summed E-state index contributed by atoms with van der Waals surface area (Å²) in [6.07, 6.45) is 2.30. The number of hydrogen-bond donors (Lipinski definition) is 0. The summed E-state index contributed by atoms with van der Waals surface area (Å²) in [4.78, 5) is 0. The number of alkyl halides is 1. The standard InChI is InChI=1S/C13H19BrO/c1-4-5-6-15-13-10(2)7-12(9-14)8-11(13)3/h7-8H,4-6,9H2,1-3H3. The van der Waals surface area contributed by atoms with Gasteiger partial charge in [-0.15, -0.1) is 0 Å². The lowest BCUT2D eigenvalue weighted by Gasteiger charge is -2.13. The summed E-state index contributed by atoms with van der Waals surface area (Å²) in [7, 11) is 0. The summed E-state index contributed by atoms with van der Waals surface area (Å²) in [6.45, 7) is 7.23. The molecule has 1 nitrogen and oxygen atoms in total. The van der Waals surface area contributed by atoms with Gasteiger partial charge in [-0.2, -0.15) is 0 Å². The van der Waals surface area contributed by atoms with Gasteiger partial charge in [0.1, 0.15) is 5.75 Å². The number of ether oxygens (including phenoxy) is 1. The number of benzene rings is 1. The van der Waals surface area contributed by atoms with Crippen molar-refractivity contribution in [3.8, 4) is 5.75 Å². The van der Waals surface area contributed by atoms with Crippen LogP contribution in [0.5, 0.6) is 5.75 Å². The van der Waals surface area contributed by atoms with Crippen molar-refractivity contribution in [2.24, 2.45) is 0 Å². The monoisotopic (exact) mass is 270 g/mol. The zero-order valence-electron chi connectivity index (χ0n) is 9.77. The molecule has 0 aliphatic carbocycles. The van der Waals surface area contributed by atoms with Crippen LogP contribution in [0.15, 0.2) is 12.1 Å². The van der Waals surface area contributed by atoms with Gasteiger partial charge >= 0.3 is 0 Å². The molecule has 1 aromatic carbocycles. The van der Waals surface area contributed by atoms with Crippen molar-refractivity contribution in [3.63, 3.8) is 0 Å². The van der Waals surface area contributed by atoms with Crippen LogP contribution >= 0.6 is 15.9 Å². The van der Waals surface area contributed by atoms with Crippen molar-refractivity contribution >= 4 is 15.9 Å². The molecule has 0 aromatic heterocycles. The first-order chi connectivity index (χ1) is 7.19. The van der Waals surface area contributed by atoms with Gasteiger partial charge in [0.15, 0.2) is 0 Å². The highest BCUT2D eigenvalue weighted by molar-refractivity contribution is 9.08. The highest BCUT2D eigenvalue weighted by atomic mass is 79.9. The summed E-state index contributed by atoms with van der Waals surface area (Å²) in [5, 5.41) is 0.907. The van der Waals surface area contributed by atoms with E-state index in [2.05, 4.69) is 48.8 Å². The van der Waals surface area contributed by atoms with Crippen molar-refractivity contribution < 1.29 is 4.74 Å².